The lowest BCUT2D eigenvalue weighted by Crippen LogP contribution is -2.36. The Balaban J connectivity index is 2.60. The average molecular weight is 361 g/mol. The van der Waals surface area contributed by atoms with Crippen molar-refractivity contribution in [3.8, 4) is 0 Å². The highest BCUT2D eigenvalue weighted by Crippen LogP contribution is 2.31. The first-order chi connectivity index (χ1) is 10.2. The lowest BCUT2D eigenvalue weighted by Gasteiger charge is -2.23. The highest BCUT2D eigenvalue weighted by molar-refractivity contribution is 7.94. The van der Waals surface area contributed by atoms with Gasteiger partial charge in [-0.3, -0.25) is 9.10 Å². The van der Waals surface area contributed by atoms with Crippen LogP contribution in [0.3, 0.4) is 0 Å². The van der Waals surface area contributed by atoms with Gasteiger partial charge in [-0.25, -0.2) is 4.98 Å². The number of nitrogens with zero attached hydrogens (tertiary/aromatic N) is 2. The van der Waals surface area contributed by atoms with E-state index in [-0.39, 0.29) is 10.0 Å². The average Bonchev–Trinajstić information content (AvgIpc) is 2.87. The summed E-state index contributed by atoms with van der Waals surface area (Å²) in [5, 5.41) is 11.0. The van der Waals surface area contributed by atoms with Crippen LogP contribution in [0.25, 0.3) is 0 Å². The Bertz CT molecular complexity index is 817. The van der Waals surface area contributed by atoms with Crippen molar-refractivity contribution in [3.63, 3.8) is 0 Å². The van der Waals surface area contributed by atoms with E-state index in [9.17, 15) is 13.2 Å². The molecule has 0 atom stereocenters. The predicted octanol–water partition coefficient (Wildman–Crippen LogP) is 2.69. The zero-order valence-corrected chi connectivity index (χ0v) is 14.2. The Morgan fingerprint density at radius 1 is 1.41 bits per heavy atom. The van der Waals surface area contributed by atoms with E-state index in [4.69, 9.17) is 16.7 Å². The summed E-state index contributed by atoms with van der Waals surface area (Å²) < 4.78 is 26.1. The number of carboxylic acid groups (broad SMARTS) is 1. The minimum atomic E-state index is -4.07. The zero-order chi connectivity index (χ0) is 16.5. The van der Waals surface area contributed by atoms with Gasteiger partial charge in [-0.1, -0.05) is 17.7 Å². The van der Waals surface area contributed by atoms with E-state index in [1.165, 1.54) is 6.07 Å². The van der Waals surface area contributed by atoms with E-state index in [1.54, 1.807) is 31.4 Å². The number of aliphatic carboxylic acids is 1. The molecule has 6 nitrogen and oxygen atoms in total. The molecule has 0 saturated carbocycles. The fourth-order valence-corrected chi connectivity index (χ4v) is 4.61. The normalized spacial score (nSPS) is 11.4. The molecule has 2 rings (SSSR count). The van der Waals surface area contributed by atoms with Gasteiger partial charge in [0, 0.05) is 16.1 Å². The van der Waals surface area contributed by atoms with Crippen molar-refractivity contribution in [3.05, 3.63) is 39.9 Å². The second-order valence-electron chi connectivity index (χ2n) is 4.54. The van der Waals surface area contributed by atoms with Crippen molar-refractivity contribution in [1.29, 1.82) is 0 Å². The van der Waals surface area contributed by atoms with Crippen LogP contribution in [-0.4, -0.2) is 31.0 Å². The molecule has 0 bridgehead atoms. The van der Waals surface area contributed by atoms with Gasteiger partial charge in [0.2, 0.25) is 4.34 Å². The monoisotopic (exact) mass is 360 g/mol. The second kappa shape index (κ2) is 6.23. The molecule has 1 aromatic carbocycles. The van der Waals surface area contributed by atoms with Gasteiger partial charge in [-0.15, -0.1) is 11.3 Å². The Kier molecular flexibility index (Phi) is 4.74. The van der Waals surface area contributed by atoms with Crippen molar-refractivity contribution < 1.29 is 18.3 Å². The van der Waals surface area contributed by atoms with E-state index in [1.807, 2.05) is 0 Å². The summed E-state index contributed by atoms with van der Waals surface area (Å²) in [7, 11) is -4.07. The molecule has 9 heteroatoms. The first-order valence-corrected chi connectivity index (χ1v) is 8.85. The van der Waals surface area contributed by atoms with Crippen LogP contribution in [0, 0.1) is 13.8 Å². The van der Waals surface area contributed by atoms with Crippen LogP contribution in [0.15, 0.2) is 27.9 Å². The summed E-state index contributed by atoms with van der Waals surface area (Å²) in [4.78, 5) is 15.1. The first kappa shape index (κ1) is 16.7. The molecule has 22 heavy (non-hydrogen) atoms. The molecule has 0 saturated heterocycles. The zero-order valence-electron chi connectivity index (χ0n) is 11.8. The van der Waals surface area contributed by atoms with E-state index in [0.717, 1.165) is 15.6 Å². The molecular formula is C13H13ClN2O4S2. The molecule has 0 aliphatic carbocycles. The number of aryl methyl sites for hydroxylation is 1. The minimum absolute atomic E-state index is 0.148. The van der Waals surface area contributed by atoms with Crippen LogP contribution in [0.2, 0.25) is 5.02 Å². The van der Waals surface area contributed by atoms with Crippen molar-refractivity contribution in [2.24, 2.45) is 0 Å². The maximum absolute atomic E-state index is 12.7. The number of halogens is 1. The van der Waals surface area contributed by atoms with Gasteiger partial charge in [-0.05, 0) is 31.5 Å². The number of sulfonamides is 1. The lowest BCUT2D eigenvalue weighted by molar-refractivity contribution is -0.135. The minimum Gasteiger partial charge on any atom is -0.480 e. The molecule has 0 aliphatic rings. The standard InChI is InChI=1S/C13H13ClN2O4S2/c1-8-7-21-13(15-8)22(19,20)16(6-12(17)18)11-5-3-4-10(14)9(11)2/h3-5,7H,6H2,1-2H3,(H,17,18). The van der Waals surface area contributed by atoms with Gasteiger partial charge in [0.25, 0.3) is 10.0 Å². The first-order valence-electron chi connectivity index (χ1n) is 6.15. The third-order valence-corrected chi connectivity index (χ3v) is 6.42. The van der Waals surface area contributed by atoms with Gasteiger partial charge in [0.15, 0.2) is 0 Å². The molecule has 0 fully saturated rings. The summed E-state index contributed by atoms with van der Waals surface area (Å²) in [5.41, 5.74) is 1.27. The van der Waals surface area contributed by atoms with Crippen LogP contribution in [0.4, 0.5) is 5.69 Å². The molecule has 0 spiro atoms. The van der Waals surface area contributed by atoms with Crippen molar-refractivity contribution >= 4 is 44.6 Å². The maximum Gasteiger partial charge on any atom is 0.324 e. The van der Waals surface area contributed by atoms with Gasteiger partial charge < -0.3 is 5.11 Å². The Hall–Kier alpha value is -1.64. The summed E-state index contributed by atoms with van der Waals surface area (Å²) in [5.74, 6) is -1.27. The molecule has 0 radical (unpaired) electrons. The van der Waals surface area contributed by atoms with E-state index < -0.39 is 22.5 Å². The number of carboxylic acids is 1. The van der Waals surface area contributed by atoms with Gasteiger partial charge in [0.1, 0.15) is 6.54 Å². The Labute approximate surface area is 137 Å². The number of rotatable bonds is 5. The van der Waals surface area contributed by atoms with Crippen LogP contribution in [0.5, 0.6) is 0 Å². The van der Waals surface area contributed by atoms with Crippen molar-refractivity contribution in [1.82, 2.24) is 4.98 Å². The van der Waals surface area contributed by atoms with Crippen molar-refractivity contribution in [2.45, 2.75) is 18.2 Å². The fourth-order valence-electron chi connectivity index (χ4n) is 1.83. The van der Waals surface area contributed by atoms with Crippen LogP contribution in [0.1, 0.15) is 11.3 Å². The summed E-state index contributed by atoms with van der Waals surface area (Å²) in [6.07, 6.45) is 0. The third kappa shape index (κ3) is 3.23. The second-order valence-corrected chi connectivity index (χ2v) is 7.85. The number of thiazole rings is 1. The van der Waals surface area contributed by atoms with Crippen LogP contribution in [-0.2, 0) is 14.8 Å². The topological polar surface area (TPSA) is 87.6 Å². The summed E-state index contributed by atoms with van der Waals surface area (Å²) >= 11 is 6.96. The molecule has 118 valence electrons. The number of hydrogen-bond acceptors (Lipinski definition) is 5. The van der Waals surface area contributed by atoms with Crippen molar-refractivity contribution in [2.75, 3.05) is 10.8 Å². The summed E-state index contributed by atoms with van der Waals surface area (Å²) in [6, 6.07) is 4.70. The quantitative estimate of drug-likeness (QED) is 0.885. The third-order valence-electron chi connectivity index (χ3n) is 2.90. The number of carbonyl (C=O) groups is 1. The number of benzene rings is 1. The Morgan fingerprint density at radius 3 is 2.64 bits per heavy atom. The molecule has 0 amide bonds. The fraction of sp³-hybridized carbons (Fsp3) is 0.231. The molecule has 0 aliphatic heterocycles. The predicted molar refractivity (Wildman–Crippen MR) is 85.2 cm³/mol. The molecule has 1 aromatic heterocycles. The molecule has 1 heterocycles. The Morgan fingerprint density at radius 2 is 2.09 bits per heavy atom. The smallest absolute Gasteiger partial charge is 0.324 e. The van der Waals surface area contributed by atoms with Gasteiger partial charge in [0.05, 0.1) is 5.69 Å². The number of hydrogen-bond donors (Lipinski definition) is 1. The SMILES string of the molecule is Cc1csc(S(=O)(=O)N(CC(=O)O)c2cccc(Cl)c2C)n1. The highest BCUT2D eigenvalue weighted by Gasteiger charge is 2.31. The molecular weight excluding hydrogens is 348 g/mol. The lowest BCUT2D eigenvalue weighted by atomic mass is 10.2. The van der Waals surface area contributed by atoms with Gasteiger partial charge >= 0.3 is 5.97 Å². The maximum atomic E-state index is 12.7. The largest absolute Gasteiger partial charge is 0.480 e. The van der Waals surface area contributed by atoms with E-state index >= 15 is 0 Å². The molecule has 2 aromatic rings. The van der Waals surface area contributed by atoms with E-state index in [2.05, 4.69) is 4.98 Å². The molecule has 1 N–H and O–H groups in total. The highest BCUT2D eigenvalue weighted by atomic mass is 35.5. The summed E-state index contributed by atoms with van der Waals surface area (Å²) in [6.45, 7) is 2.60. The number of aromatic nitrogens is 1. The number of anilines is 1. The van der Waals surface area contributed by atoms with Crippen LogP contribution >= 0.6 is 22.9 Å². The van der Waals surface area contributed by atoms with Gasteiger partial charge in [-0.2, -0.15) is 8.42 Å². The van der Waals surface area contributed by atoms with Crippen LogP contribution < -0.4 is 4.31 Å². The van der Waals surface area contributed by atoms with E-state index in [0.29, 0.717) is 16.3 Å². The molecule has 0 unspecified atom stereocenters.